The number of alkyl halides is 2. The highest BCUT2D eigenvalue weighted by Crippen LogP contribution is 2.15. The van der Waals surface area contributed by atoms with Gasteiger partial charge in [-0.1, -0.05) is 0 Å². The molecule has 0 unspecified atom stereocenters. The molecule has 3 nitrogen and oxygen atoms in total. The van der Waals surface area contributed by atoms with Gasteiger partial charge >= 0.3 is 5.97 Å². The lowest BCUT2D eigenvalue weighted by Gasteiger charge is -2.25. The number of carboxylic acid groups (broad SMARTS) is 1. The van der Waals surface area contributed by atoms with Crippen molar-refractivity contribution in [3.8, 4) is 0 Å². The fraction of sp³-hybridized carbons (Fsp3) is 0.833. The summed E-state index contributed by atoms with van der Waals surface area (Å²) in [6.45, 7) is -0.210. The normalized spacial score (nSPS) is 38.5. The Labute approximate surface area is 62.4 Å². The van der Waals surface area contributed by atoms with E-state index in [1.165, 1.54) is 0 Å². The molecule has 0 radical (unpaired) electrons. The van der Waals surface area contributed by atoms with Crippen LogP contribution in [0.3, 0.4) is 0 Å². The number of carbonyl (C=O) groups is 1. The standard InChI is InChI=1S/C6H9F2NO2/c7-3-1-5(6(10)11)9-2-4(3)8/h3-5,9H,1-2H2,(H,10,11)/t3-,4+,5-/m0/s1. The number of halogens is 2. The summed E-state index contributed by atoms with van der Waals surface area (Å²) in [5.41, 5.74) is 0. The lowest BCUT2D eigenvalue weighted by Crippen LogP contribution is -2.49. The molecule has 0 bridgehead atoms. The molecule has 0 aromatic rings. The number of hydrogen-bond donors (Lipinski definition) is 2. The highest BCUT2D eigenvalue weighted by Gasteiger charge is 2.33. The third-order valence-corrected chi connectivity index (χ3v) is 1.71. The second kappa shape index (κ2) is 3.13. The highest BCUT2D eigenvalue weighted by molar-refractivity contribution is 5.73. The van der Waals surface area contributed by atoms with E-state index in [1.54, 1.807) is 0 Å². The van der Waals surface area contributed by atoms with E-state index >= 15 is 0 Å². The number of aliphatic carboxylic acids is 1. The zero-order chi connectivity index (χ0) is 8.43. The summed E-state index contributed by atoms with van der Waals surface area (Å²) in [5, 5.41) is 10.8. The quantitative estimate of drug-likeness (QED) is 0.579. The Kier molecular flexibility index (Phi) is 2.38. The summed E-state index contributed by atoms with van der Waals surface area (Å²) in [5.74, 6) is -1.13. The van der Waals surface area contributed by atoms with Crippen LogP contribution in [0, 0.1) is 0 Å². The molecule has 3 atom stereocenters. The van der Waals surface area contributed by atoms with Crippen LogP contribution in [0.4, 0.5) is 8.78 Å². The van der Waals surface area contributed by atoms with Gasteiger partial charge < -0.3 is 10.4 Å². The molecule has 1 aliphatic heterocycles. The third kappa shape index (κ3) is 1.86. The van der Waals surface area contributed by atoms with Crippen LogP contribution < -0.4 is 5.32 Å². The molecule has 0 aromatic heterocycles. The largest absolute Gasteiger partial charge is 0.480 e. The van der Waals surface area contributed by atoms with Crippen molar-refractivity contribution in [1.29, 1.82) is 0 Å². The van der Waals surface area contributed by atoms with Crippen LogP contribution in [0.15, 0.2) is 0 Å². The van der Waals surface area contributed by atoms with Gasteiger partial charge in [-0.25, -0.2) is 8.78 Å². The molecule has 1 saturated heterocycles. The Morgan fingerprint density at radius 1 is 1.45 bits per heavy atom. The fourth-order valence-electron chi connectivity index (χ4n) is 1.03. The molecule has 0 aromatic carbocycles. The van der Waals surface area contributed by atoms with Gasteiger partial charge in [0.25, 0.3) is 0 Å². The number of nitrogens with one attached hydrogen (secondary N) is 1. The minimum absolute atomic E-state index is 0.210. The zero-order valence-corrected chi connectivity index (χ0v) is 5.76. The molecule has 64 valence electrons. The van der Waals surface area contributed by atoms with Crippen molar-refractivity contribution >= 4 is 5.97 Å². The average molecular weight is 165 g/mol. The lowest BCUT2D eigenvalue weighted by atomic mass is 10.0. The van der Waals surface area contributed by atoms with Gasteiger partial charge in [-0.3, -0.25) is 4.79 Å². The number of carboxylic acids is 1. The van der Waals surface area contributed by atoms with Crippen molar-refractivity contribution in [2.75, 3.05) is 6.54 Å². The van der Waals surface area contributed by atoms with Crippen LogP contribution in [-0.2, 0) is 4.79 Å². The molecule has 1 aliphatic rings. The molecule has 2 N–H and O–H groups in total. The molecule has 0 saturated carbocycles. The van der Waals surface area contributed by atoms with Crippen LogP contribution in [-0.4, -0.2) is 36.0 Å². The van der Waals surface area contributed by atoms with Crippen molar-refractivity contribution in [3.05, 3.63) is 0 Å². The number of piperidine rings is 1. The van der Waals surface area contributed by atoms with Gasteiger partial charge in [-0.2, -0.15) is 0 Å². The molecule has 1 heterocycles. The molecule has 1 fully saturated rings. The Morgan fingerprint density at radius 3 is 2.55 bits per heavy atom. The smallest absolute Gasteiger partial charge is 0.320 e. The van der Waals surface area contributed by atoms with Crippen LogP contribution >= 0.6 is 0 Å². The van der Waals surface area contributed by atoms with Crippen LogP contribution in [0.1, 0.15) is 6.42 Å². The topological polar surface area (TPSA) is 49.3 Å². The van der Waals surface area contributed by atoms with Gasteiger partial charge in [0, 0.05) is 13.0 Å². The minimum Gasteiger partial charge on any atom is -0.480 e. The average Bonchev–Trinajstić information content (AvgIpc) is 1.94. The summed E-state index contributed by atoms with van der Waals surface area (Å²) in [4.78, 5) is 10.3. The summed E-state index contributed by atoms with van der Waals surface area (Å²) in [6.07, 6.45) is -3.49. The van der Waals surface area contributed by atoms with Crippen molar-refractivity contribution in [2.24, 2.45) is 0 Å². The molecule has 11 heavy (non-hydrogen) atoms. The van der Waals surface area contributed by atoms with Gasteiger partial charge in [-0.05, 0) is 0 Å². The fourth-order valence-corrected chi connectivity index (χ4v) is 1.03. The van der Waals surface area contributed by atoms with E-state index in [1.807, 2.05) is 0 Å². The lowest BCUT2D eigenvalue weighted by molar-refractivity contribution is -0.141. The molecule has 0 spiro atoms. The minimum atomic E-state index is -1.64. The van der Waals surface area contributed by atoms with E-state index < -0.39 is 24.4 Å². The monoisotopic (exact) mass is 165 g/mol. The Bertz CT molecular complexity index is 165. The van der Waals surface area contributed by atoms with E-state index in [4.69, 9.17) is 5.11 Å². The van der Waals surface area contributed by atoms with Crippen molar-refractivity contribution < 1.29 is 18.7 Å². The van der Waals surface area contributed by atoms with Gasteiger partial charge in [0.2, 0.25) is 0 Å². The predicted molar refractivity (Wildman–Crippen MR) is 33.8 cm³/mol. The Hall–Kier alpha value is -0.710. The van der Waals surface area contributed by atoms with Gasteiger partial charge in [0.05, 0.1) is 0 Å². The van der Waals surface area contributed by atoms with Crippen molar-refractivity contribution in [3.63, 3.8) is 0 Å². The van der Waals surface area contributed by atoms with Gasteiger partial charge in [0.15, 0.2) is 0 Å². The Morgan fingerprint density at radius 2 is 2.09 bits per heavy atom. The van der Waals surface area contributed by atoms with E-state index in [0.29, 0.717) is 0 Å². The van der Waals surface area contributed by atoms with E-state index in [-0.39, 0.29) is 13.0 Å². The molecule has 1 rings (SSSR count). The van der Waals surface area contributed by atoms with Crippen LogP contribution in [0.25, 0.3) is 0 Å². The molecule has 0 aliphatic carbocycles. The van der Waals surface area contributed by atoms with Crippen molar-refractivity contribution in [1.82, 2.24) is 5.32 Å². The van der Waals surface area contributed by atoms with Crippen LogP contribution in [0.2, 0.25) is 0 Å². The van der Waals surface area contributed by atoms with E-state index in [0.717, 1.165) is 0 Å². The first kappa shape index (κ1) is 8.39. The van der Waals surface area contributed by atoms with E-state index in [2.05, 4.69) is 5.32 Å². The SMILES string of the molecule is O=C(O)[C@@H]1C[C@H](F)[C@H](F)CN1. The second-order valence-corrected chi connectivity index (χ2v) is 2.57. The first-order valence-corrected chi connectivity index (χ1v) is 3.35. The summed E-state index contributed by atoms with van der Waals surface area (Å²) >= 11 is 0. The first-order chi connectivity index (χ1) is 5.11. The predicted octanol–water partition coefficient (Wildman–Crippen LogP) is 0.109. The maximum atomic E-state index is 12.5. The van der Waals surface area contributed by atoms with Gasteiger partial charge in [-0.15, -0.1) is 0 Å². The summed E-state index contributed by atoms with van der Waals surface area (Å²) in [7, 11) is 0. The van der Waals surface area contributed by atoms with E-state index in [9.17, 15) is 13.6 Å². The van der Waals surface area contributed by atoms with Crippen LogP contribution in [0.5, 0.6) is 0 Å². The Balaban J connectivity index is 2.46. The molecular weight excluding hydrogens is 156 g/mol. The first-order valence-electron chi connectivity index (χ1n) is 3.35. The summed E-state index contributed by atoms with van der Waals surface area (Å²) in [6, 6.07) is -0.933. The second-order valence-electron chi connectivity index (χ2n) is 2.57. The highest BCUT2D eigenvalue weighted by atomic mass is 19.2. The zero-order valence-electron chi connectivity index (χ0n) is 5.76. The maximum absolute atomic E-state index is 12.5. The van der Waals surface area contributed by atoms with Gasteiger partial charge in [0.1, 0.15) is 18.4 Å². The molecular formula is C6H9F2NO2. The molecule has 5 heteroatoms. The maximum Gasteiger partial charge on any atom is 0.320 e. The van der Waals surface area contributed by atoms with Crippen molar-refractivity contribution in [2.45, 2.75) is 24.8 Å². The summed E-state index contributed by atoms with van der Waals surface area (Å²) < 4.78 is 24.9. The number of hydrogen-bond acceptors (Lipinski definition) is 2. The number of rotatable bonds is 1. The molecule has 0 amide bonds. The third-order valence-electron chi connectivity index (χ3n) is 1.71.